The van der Waals surface area contributed by atoms with Crippen LogP contribution in [-0.4, -0.2) is 87.9 Å². The van der Waals surface area contributed by atoms with E-state index in [2.05, 4.69) is 4.72 Å². The normalized spacial score (nSPS) is 20.2. The number of sulfonamides is 1. The van der Waals surface area contributed by atoms with Gasteiger partial charge in [0.15, 0.2) is 0 Å². The van der Waals surface area contributed by atoms with E-state index in [1.54, 1.807) is 19.1 Å². The topological polar surface area (TPSA) is 118 Å². The number of halogens is 3. The highest BCUT2D eigenvalue weighted by Crippen LogP contribution is 2.31. The third-order valence-electron chi connectivity index (χ3n) is 8.90. The van der Waals surface area contributed by atoms with Crippen LogP contribution in [0.15, 0.2) is 71.6 Å². The Bertz CT molecular complexity index is 1690. The number of ether oxygens (including phenoxy) is 3. The highest BCUT2D eigenvalue weighted by Gasteiger charge is 2.32. The lowest BCUT2D eigenvalue weighted by Gasteiger charge is -2.36. The summed E-state index contributed by atoms with van der Waals surface area (Å²) in [5, 5.41) is 10.2. The average molecular weight is 736 g/mol. The SMILES string of the molecule is COc1ccc(S(=O)(=O)Nc2ccc3c(c2)C(=O)N([C@@H](C)CO)C[C@H](C)[C@H](CN(C)Cc2ccc(C(F)(F)F)cc2)OCCCC[C@@H](C)O3)cc1. The van der Waals surface area contributed by atoms with Crippen molar-refractivity contribution in [2.24, 2.45) is 5.92 Å². The number of nitrogens with one attached hydrogen (secondary N) is 1. The standard InChI is InChI=1S/C37H48F3N3O7S/c1-25-21-43(26(2)24-44)36(45)33-20-30(41-51(46,47)32-16-14-31(48-5)15-17-32)13-18-34(33)50-27(3)8-6-7-19-49-35(25)23-42(4)22-28-9-11-29(12-10-28)37(38,39)40/h9-18,20,25-27,35,41,44H,6-8,19,21-24H2,1-5H3/t25-,26-,27+,35-/m0/s1. The summed E-state index contributed by atoms with van der Waals surface area (Å²) in [5.41, 5.74) is 0.306. The quantitative estimate of drug-likeness (QED) is 0.245. The summed E-state index contributed by atoms with van der Waals surface area (Å²) < 4.78 is 86.1. The van der Waals surface area contributed by atoms with Crippen LogP contribution in [0.3, 0.4) is 0 Å². The molecule has 0 bridgehead atoms. The molecule has 0 spiro atoms. The summed E-state index contributed by atoms with van der Waals surface area (Å²) in [6, 6.07) is 14.9. The molecule has 2 N–H and O–H groups in total. The zero-order valence-corrected chi connectivity index (χ0v) is 30.5. The molecule has 280 valence electrons. The van der Waals surface area contributed by atoms with Crippen molar-refractivity contribution >= 4 is 21.6 Å². The monoisotopic (exact) mass is 735 g/mol. The van der Waals surface area contributed by atoms with Crippen LogP contribution in [0.2, 0.25) is 0 Å². The highest BCUT2D eigenvalue weighted by atomic mass is 32.2. The minimum atomic E-state index is -4.41. The number of rotatable bonds is 10. The van der Waals surface area contributed by atoms with E-state index in [1.807, 2.05) is 25.8 Å². The van der Waals surface area contributed by atoms with Crippen LogP contribution in [0.5, 0.6) is 11.5 Å². The lowest BCUT2D eigenvalue weighted by atomic mass is 10.0. The Morgan fingerprint density at radius 3 is 2.37 bits per heavy atom. The van der Waals surface area contributed by atoms with E-state index in [1.165, 1.54) is 54.5 Å². The number of carbonyl (C=O) groups excluding carboxylic acids is 1. The summed E-state index contributed by atoms with van der Waals surface area (Å²) in [5.74, 6) is 0.109. The number of amides is 1. The molecule has 1 aliphatic heterocycles. The minimum Gasteiger partial charge on any atom is -0.497 e. The van der Waals surface area contributed by atoms with Gasteiger partial charge >= 0.3 is 6.18 Å². The molecule has 1 aliphatic rings. The van der Waals surface area contributed by atoms with Gasteiger partial charge in [0.1, 0.15) is 11.5 Å². The van der Waals surface area contributed by atoms with Crippen molar-refractivity contribution in [2.75, 3.05) is 45.2 Å². The number of likely N-dealkylation sites (N-methyl/N-ethyl adjacent to an activating group) is 1. The van der Waals surface area contributed by atoms with Gasteiger partial charge in [-0.2, -0.15) is 13.2 Å². The molecular formula is C37H48F3N3O7S. The molecule has 1 amide bonds. The molecule has 3 aromatic rings. The fourth-order valence-corrected chi connectivity index (χ4v) is 6.95. The maximum Gasteiger partial charge on any atom is 0.416 e. The Kier molecular flexibility index (Phi) is 13.8. The Labute approximate surface area is 298 Å². The van der Waals surface area contributed by atoms with Crippen molar-refractivity contribution in [1.82, 2.24) is 9.80 Å². The molecule has 4 atom stereocenters. The van der Waals surface area contributed by atoms with Gasteiger partial charge < -0.3 is 24.2 Å². The zero-order chi connectivity index (χ0) is 37.3. The third-order valence-corrected chi connectivity index (χ3v) is 10.3. The fraction of sp³-hybridized carbons (Fsp3) is 0.486. The first-order valence-corrected chi connectivity index (χ1v) is 18.4. The molecule has 0 saturated heterocycles. The molecule has 10 nitrogen and oxygen atoms in total. The summed E-state index contributed by atoms with van der Waals surface area (Å²) in [6.45, 7) is 6.73. The molecule has 0 unspecified atom stereocenters. The molecular weight excluding hydrogens is 687 g/mol. The molecule has 0 aromatic heterocycles. The largest absolute Gasteiger partial charge is 0.497 e. The van der Waals surface area contributed by atoms with Crippen molar-refractivity contribution in [3.63, 3.8) is 0 Å². The number of fused-ring (bicyclic) bond motifs is 1. The van der Waals surface area contributed by atoms with Gasteiger partial charge in [-0.15, -0.1) is 0 Å². The third kappa shape index (κ3) is 11.1. The molecule has 1 heterocycles. The van der Waals surface area contributed by atoms with E-state index >= 15 is 0 Å². The molecule has 51 heavy (non-hydrogen) atoms. The average Bonchev–Trinajstić information content (AvgIpc) is 3.09. The van der Waals surface area contributed by atoms with Crippen LogP contribution in [0.1, 0.15) is 61.5 Å². The van der Waals surface area contributed by atoms with Crippen LogP contribution >= 0.6 is 0 Å². The van der Waals surface area contributed by atoms with Crippen LogP contribution < -0.4 is 14.2 Å². The van der Waals surface area contributed by atoms with E-state index in [0.29, 0.717) is 43.2 Å². The second-order valence-electron chi connectivity index (χ2n) is 13.2. The van der Waals surface area contributed by atoms with E-state index in [4.69, 9.17) is 14.2 Å². The van der Waals surface area contributed by atoms with Gasteiger partial charge in [0.25, 0.3) is 15.9 Å². The van der Waals surface area contributed by atoms with Crippen LogP contribution in [0, 0.1) is 5.92 Å². The lowest BCUT2D eigenvalue weighted by Crippen LogP contribution is -2.47. The number of hydrogen-bond donors (Lipinski definition) is 2. The minimum absolute atomic E-state index is 0.0123. The van der Waals surface area contributed by atoms with E-state index in [-0.39, 0.29) is 47.4 Å². The van der Waals surface area contributed by atoms with Gasteiger partial charge in [0, 0.05) is 37.8 Å². The summed E-state index contributed by atoms with van der Waals surface area (Å²) in [7, 11) is -0.672. The number of aliphatic hydroxyl groups excluding tert-OH is 1. The number of aliphatic hydroxyl groups is 1. The van der Waals surface area contributed by atoms with Crippen LogP contribution in [-0.2, 0) is 27.5 Å². The predicted molar refractivity (Wildman–Crippen MR) is 188 cm³/mol. The summed E-state index contributed by atoms with van der Waals surface area (Å²) in [4.78, 5) is 17.9. The van der Waals surface area contributed by atoms with Crippen molar-refractivity contribution in [1.29, 1.82) is 0 Å². The number of hydrogen-bond acceptors (Lipinski definition) is 8. The zero-order valence-electron chi connectivity index (χ0n) is 29.7. The van der Waals surface area contributed by atoms with E-state index in [0.717, 1.165) is 25.0 Å². The molecule has 0 saturated carbocycles. The van der Waals surface area contributed by atoms with Gasteiger partial charge in [-0.3, -0.25) is 14.4 Å². The van der Waals surface area contributed by atoms with Crippen molar-refractivity contribution in [3.8, 4) is 11.5 Å². The van der Waals surface area contributed by atoms with Gasteiger partial charge in [0.05, 0.1) is 48.0 Å². The van der Waals surface area contributed by atoms with Crippen LogP contribution in [0.25, 0.3) is 0 Å². The summed E-state index contributed by atoms with van der Waals surface area (Å²) >= 11 is 0. The van der Waals surface area contributed by atoms with E-state index < -0.39 is 33.7 Å². The smallest absolute Gasteiger partial charge is 0.416 e. The molecule has 14 heteroatoms. The first-order valence-electron chi connectivity index (χ1n) is 17.0. The molecule has 0 fully saturated rings. The molecule has 4 rings (SSSR count). The molecule has 0 aliphatic carbocycles. The first kappa shape index (κ1) is 39.9. The highest BCUT2D eigenvalue weighted by molar-refractivity contribution is 7.92. The molecule has 3 aromatic carbocycles. The first-order chi connectivity index (χ1) is 24.1. The van der Waals surface area contributed by atoms with Crippen LogP contribution in [0.4, 0.5) is 18.9 Å². The van der Waals surface area contributed by atoms with E-state index in [9.17, 15) is 31.5 Å². The second-order valence-corrected chi connectivity index (χ2v) is 14.9. The van der Waals surface area contributed by atoms with Crippen molar-refractivity contribution < 1.29 is 45.7 Å². The Balaban J connectivity index is 1.61. The van der Waals surface area contributed by atoms with Gasteiger partial charge in [0.2, 0.25) is 0 Å². The number of anilines is 1. The molecule has 0 radical (unpaired) electrons. The maximum absolute atomic E-state index is 14.4. The summed E-state index contributed by atoms with van der Waals surface area (Å²) in [6.07, 6.45) is -2.81. The number of alkyl halides is 3. The fourth-order valence-electron chi connectivity index (χ4n) is 5.90. The Morgan fingerprint density at radius 2 is 1.75 bits per heavy atom. The Morgan fingerprint density at radius 1 is 1.06 bits per heavy atom. The maximum atomic E-state index is 14.4. The van der Waals surface area contributed by atoms with Gasteiger partial charge in [-0.05, 0) is 100 Å². The van der Waals surface area contributed by atoms with Gasteiger partial charge in [-0.25, -0.2) is 8.42 Å². The number of nitrogens with zero attached hydrogens (tertiary/aromatic N) is 2. The number of benzene rings is 3. The van der Waals surface area contributed by atoms with Crippen molar-refractivity contribution in [3.05, 3.63) is 83.4 Å². The van der Waals surface area contributed by atoms with Gasteiger partial charge in [-0.1, -0.05) is 19.1 Å². The van der Waals surface area contributed by atoms with Crippen molar-refractivity contribution in [2.45, 2.75) is 75.9 Å². The lowest BCUT2D eigenvalue weighted by molar-refractivity contribution is -0.137. The predicted octanol–water partition coefficient (Wildman–Crippen LogP) is 6.44. The Hall–Kier alpha value is -3.85. The number of carbonyl (C=O) groups is 1. The second kappa shape index (κ2) is 17.6. The number of methoxy groups -OCH3 is 1.